The number of hydrogen-bond acceptors (Lipinski definition) is 14. The highest BCUT2D eigenvalue weighted by atomic mass is 35.5. The Labute approximate surface area is 291 Å². The average Bonchev–Trinajstić information content (AvgIpc) is 3.37. The van der Waals surface area contributed by atoms with Crippen LogP contribution in [-0.4, -0.2) is 58.2 Å². The van der Waals surface area contributed by atoms with Gasteiger partial charge in [-0.25, -0.2) is 28.0 Å². The van der Waals surface area contributed by atoms with Crippen LogP contribution in [0.25, 0.3) is 0 Å². The van der Waals surface area contributed by atoms with E-state index in [1.807, 2.05) is 0 Å². The molecule has 3 unspecified atom stereocenters. The van der Waals surface area contributed by atoms with Crippen molar-refractivity contribution in [1.82, 2.24) is 9.55 Å². The van der Waals surface area contributed by atoms with Crippen LogP contribution in [0.1, 0.15) is 37.8 Å². The number of carbonyl (C=O) groups is 1. The molecule has 1 saturated heterocycles. The van der Waals surface area contributed by atoms with E-state index in [1.54, 1.807) is 32.0 Å². The number of nitrogens with zero attached hydrogens (tertiary/aromatic N) is 3. The normalized spacial score (nSPS) is 25.5. The lowest BCUT2D eigenvalue weighted by Gasteiger charge is -2.38. The SMILES string of the molecule is CC1(C)C2=C(Cl)C(=O)C(Cl)=CC2=Nc2ccc([C@]3(n4ccc(N)nc4=O)CC[C@@H](COP(=O)(O)OP(=O)(O)OP(=O)(O)OP(=O)(O)O)O3)cc21. The van der Waals surface area contributed by atoms with Crippen LogP contribution in [-0.2, 0) is 56.4 Å². The Kier molecular flexibility index (Phi) is 10.4. The van der Waals surface area contributed by atoms with Crippen LogP contribution in [0, 0.1) is 0 Å². The second-order valence-corrected chi connectivity index (χ2v) is 18.2. The number of hydrogen-bond donors (Lipinski definition) is 6. The second kappa shape index (κ2) is 13.3. The maximum Gasteiger partial charge on any atom is 0.490 e. The van der Waals surface area contributed by atoms with Crippen LogP contribution in [0.15, 0.2) is 62.0 Å². The fraction of sp³-hybridized carbons (Fsp3) is 0.333. The highest BCUT2D eigenvalue weighted by molar-refractivity contribution is 7.69. The summed E-state index contributed by atoms with van der Waals surface area (Å²) in [6.07, 6.45) is 1.61. The van der Waals surface area contributed by atoms with Crippen molar-refractivity contribution >= 4 is 77.5 Å². The number of anilines is 1. The molecule has 26 heteroatoms. The molecule has 272 valence electrons. The molecule has 1 fully saturated rings. The first-order valence-electron chi connectivity index (χ1n) is 13.8. The minimum absolute atomic E-state index is 0.00610. The fourth-order valence-electron chi connectivity index (χ4n) is 5.63. The molecule has 1 aromatic carbocycles. The summed E-state index contributed by atoms with van der Waals surface area (Å²) in [5.74, 6) is -0.683. The number of Topliss-reactive ketones (excluding diaryl/α,β-unsaturated/α-hetero) is 1. The maximum absolute atomic E-state index is 13.2. The van der Waals surface area contributed by atoms with Gasteiger partial charge in [0.25, 0.3) is 0 Å². The zero-order chi connectivity index (χ0) is 37.2. The second-order valence-electron chi connectivity index (χ2n) is 11.4. The van der Waals surface area contributed by atoms with Crippen LogP contribution in [0.5, 0.6) is 0 Å². The van der Waals surface area contributed by atoms with Crippen molar-refractivity contribution in [3.05, 3.63) is 73.8 Å². The first-order chi connectivity index (χ1) is 22.8. The molecule has 0 amide bonds. The Bertz CT molecular complexity index is 2150. The predicted molar refractivity (Wildman–Crippen MR) is 173 cm³/mol. The van der Waals surface area contributed by atoms with Gasteiger partial charge >= 0.3 is 37.0 Å². The van der Waals surface area contributed by atoms with Crippen LogP contribution in [0.3, 0.4) is 0 Å². The third kappa shape index (κ3) is 8.07. The van der Waals surface area contributed by atoms with Crippen molar-refractivity contribution in [1.29, 1.82) is 0 Å². The molecular weight excluding hydrogens is 795 g/mol. The number of ether oxygens (including phenoxy) is 1. The predicted octanol–water partition coefficient (Wildman–Crippen LogP) is 3.73. The summed E-state index contributed by atoms with van der Waals surface area (Å²) in [6, 6.07) is 6.24. The summed E-state index contributed by atoms with van der Waals surface area (Å²) in [6.45, 7) is 2.76. The molecule has 2 aliphatic heterocycles. The molecule has 7 N–H and O–H groups in total. The van der Waals surface area contributed by atoms with Gasteiger partial charge in [0.2, 0.25) is 5.78 Å². The molecule has 0 radical (unpaired) electrons. The van der Waals surface area contributed by atoms with Gasteiger partial charge in [-0.05, 0) is 36.3 Å². The van der Waals surface area contributed by atoms with E-state index in [-0.39, 0.29) is 28.7 Å². The minimum atomic E-state index is -6.04. The van der Waals surface area contributed by atoms with Gasteiger partial charge in [-0.2, -0.15) is 17.9 Å². The molecule has 50 heavy (non-hydrogen) atoms. The molecule has 5 atom stereocenters. The molecule has 2 aromatic rings. The van der Waals surface area contributed by atoms with Crippen molar-refractivity contribution in [2.75, 3.05) is 12.3 Å². The molecule has 5 rings (SSSR count). The van der Waals surface area contributed by atoms with Gasteiger partial charge in [-0.15, -0.1) is 0 Å². The van der Waals surface area contributed by atoms with Gasteiger partial charge in [0.05, 0.1) is 34.2 Å². The molecule has 3 aliphatic rings. The monoisotopic (exact) mass is 820 g/mol. The first kappa shape index (κ1) is 39.0. The summed E-state index contributed by atoms with van der Waals surface area (Å²) in [5.41, 5.74) is 4.46. The van der Waals surface area contributed by atoms with Gasteiger partial charge in [-0.3, -0.25) is 13.9 Å². The Morgan fingerprint density at radius 3 is 2.28 bits per heavy atom. The summed E-state index contributed by atoms with van der Waals surface area (Å²) >= 11 is 12.5. The standard InChI is InChI=1S/C24H26Cl2N4O16P4/c1-23(2)14-9-12(3-4-16(14)28-17-10-15(25)21(31)20(26)19(17)23)24(30-8-6-18(27)29-22(30)32)7-5-13(43-24)11-42-48(36,37)45-50(40,41)46-49(38,39)44-47(33,34)35/h3-4,6,8-10,13H,5,7,11H2,1-2H3,(H,36,37)(H,38,39)(H,40,41)(H2,27,29,32)(H2,33,34,35)/t13-,24-/m0/s1. The number of aliphatic imine (C=N–C) groups is 1. The number of phosphoric acid groups is 4. The van der Waals surface area contributed by atoms with Crippen molar-refractivity contribution in [3.8, 4) is 0 Å². The highest BCUT2D eigenvalue weighted by Crippen LogP contribution is 2.70. The quantitative estimate of drug-likeness (QED) is 0.139. The van der Waals surface area contributed by atoms with E-state index in [9.17, 15) is 42.5 Å². The molecule has 1 aliphatic carbocycles. The molecule has 0 spiro atoms. The molecule has 20 nitrogen and oxygen atoms in total. The molecular formula is C24H26Cl2N4O16P4. The Balaban J connectivity index is 1.45. The summed E-state index contributed by atoms with van der Waals surface area (Å²) < 4.78 is 70.1. The number of nitrogen functional groups attached to an aromatic ring is 1. The Morgan fingerprint density at radius 2 is 1.64 bits per heavy atom. The smallest absolute Gasteiger partial charge is 0.383 e. The van der Waals surface area contributed by atoms with Crippen molar-refractivity contribution in [3.63, 3.8) is 0 Å². The van der Waals surface area contributed by atoms with E-state index in [0.29, 0.717) is 28.1 Å². The summed E-state index contributed by atoms with van der Waals surface area (Å²) in [7, 11) is -23.4. The zero-order valence-corrected chi connectivity index (χ0v) is 30.4. The molecule has 0 saturated carbocycles. The number of aromatic nitrogens is 2. The van der Waals surface area contributed by atoms with E-state index in [1.165, 1.54) is 18.3 Å². The van der Waals surface area contributed by atoms with Crippen LogP contribution < -0.4 is 11.4 Å². The molecule has 0 bridgehead atoms. The number of nitrogens with two attached hydrogens (primary N) is 1. The molecule has 1 aromatic heterocycles. The Morgan fingerprint density at radius 1 is 1.00 bits per heavy atom. The number of rotatable bonds is 11. The highest BCUT2D eigenvalue weighted by Gasteiger charge is 2.49. The number of allylic oxidation sites excluding steroid dienone is 4. The van der Waals surface area contributed by atoms with Gasteiger partial charge in [0.15, 0.2) is 5.72 Å². The lowest BCUT2D eigenvalue weighted by atomic mass is 9.70. The van der Waals surface area contributed by atoms with Crippen LogP contribution >= 0.6 is 54.5 Å². The number of fused-ring (bicyclic) bond motifs is 2. The maximum atomic E-state index is 13.2. The zero-order valence-electron chi connectivity index (χ0n) is 25.4. The van der Waals surface area contributed by atoms with E-state index >= 15 is 0 Å². The van der Waals surface area contributed by atoms with E-state index < -0.39 is 66.6 Å². The third-order valence-corrected chi connectivity index (χ3v) is 13.7. The van der Waals surface area contributed by atoms with E-state index in [2.05, 4.69) is 22.9 Å². The number of phosphoric ester groups is 1. The van der Waals surface area contributed by atoms with Crippen molar-refractivity contribution in [2.45, 2.75) is 43.9 Å². The topological polar surface area (TPSA) is 306 Å². The van der Waals surface area contributed by atoms with Gasteiger partial charge in [0, 0.05) is 29.2 Å². The lowest BCUT2D eigenvalue weighted by Crippen LogP contribution is -2.44. The summed E-state index contributed by atoms with van der Waals surface area (Å²) in [4.78, 5) is 80.5. The third-order valence-electron chi connectivity index (χ3n) is 7.57. The number of carbonyl (C=O) groups excluding carboxylic acids is 1. The lowest BCUT2D eigenvalue weighted by molar-refractivity contribution is -0.111. The largest absolute Gasteiger partial charge is 0.490 e. The molecule has 3 heterocycles. The fourth-order valence-corrected chi connectivity index (χ4v) is 10.8. The van der Waals surface area contributed by atoms with Gasteiger partial charge < -0.3 is 34.9 Å². The van der Waals surface area contributed by atoms with Crippen LogP contribution in [0.2, 0.25) is 0 Å². The summed E-state index contributed by atoms with van der Waals surface area (Å²) in [5, 5.41) is -0.227. The van der Waals surface area contributed by atoms with Crippen LogP contribution in [0.4, 0.5) is 11.5 Å². The Hall–Kier alpha value is -2.18. The van der Waals surface area contributed by atoms with Crippen molar-refractivity contribution in [2.24, 2.45) is 4.99 Å². The van der Waals surface area contributed by atoms with Gasteiger partial charge in [-0.1, -0.05) is 43.1 Å². The average molecular weight is 821 g/mol. The van der Waals surface area contributed by atoms with Crippen molar-refractivity contribution < 1.29 is 69.7 Å². The number of ketones is 1. The minimum Gasteiger partial charge on any atom is -0.383 e. The van der Waals surface area contributed by atoms with E-state index in [4.69, 9.17) is 48.0 Å². The van der Waals surface area contributed by atoms with E-state index in [0.717, 1.165) is 4.57 Å². The number of halogens is 2. The first-order valence-corrected chi connectivity index (χ1v) is 20.5. The number of benzene rings is 1. The van der Waals surface area contributed by atoms with Gasteiger partial charge in [0.1, 0.15) is 5.82 Å².